The monoisotopic (exact) mass is 310 g/mol. The maximum atomic E-state index is 4.60. The predicted molar refractivity (Wildman–Crippen MR) is 101 cm³/mol. The zero-order valence-electron chi connectivity index (χ0n) is 15.7. The first-order chi connectivity index (χ1) is 10.5. The average Bonchev–Trinajstić information content (AvgIpc) is 2.54. The van der Waals surface area contributed by atoms with Crippen molar-refractivity contribution in [3.8, 4) is 0 Å². The molecule has 0 rings (SSSR count). The zero-order valence-corrected chi connectivity index (χ0v) is 15.7. The molecule has 0 amide bonds. The number of nitrogens with zero attached hydrogens (tertiary/aromatic N) is 2. The van der Waals surface area contributed by atoms with Crippen LogP contribution in [0.25, 0.3) is 0 Å². The number of hydrogen-bond donors (Lipinski definition) is 2. The van der Waals surface area contributed by atoms with Gasteiger partial charge in [0.05, 0.1) is 13.1 Å². The van der Waals surface area contributed by atoms with Gasteiger partial charge in [-0.2, -0.15) is 0 Å². The summed E-state index contributed by atoms with van der Waals surface area (Å²) in [7, 11) is 0. The standard InChI is InChI=1S/C18H38N4/c1-7-15(3)17(5)21-13-11-19-9-10-20-12-14-22-18(6)16(4)8-2/h15-16,19-20H,7-14H2,1-6H3. The van der Waals surface area contributed by atoms with E-state index in [2.05, 4.69) is 62.2 Å². The van der Waals surface area contributed by atoms with E-state index >= 15 is 0 Å². The molecular formula is C18H38N4. The number of aliphatic imine (C=N–C) groups is 2. The third kappa shape index (κ3) is 10.9. The first-order valence-corrected chi connectivity index (χ1v) is 8.96. The lowest BCUT2D eigenvalue weighted by Gasteiger charge is -2.09. The smallest absolute Gasteiger partial charge is 0.0513 e. The van der Waals surface area contributed by atoms with Crippen LogP contribution in [0.4, 0.5) is 0 Å². The largest absolute Gasteiger partial charge is 0.314 e. The quantitative estimate of drug-likeness (QED) is 0.405. The van der Waals surface area contributed by atoms with Gasteiger partial charge in [-0.15, -0.1) is 0 Å². The molecular weight excluding hydrogens is 272 g/mol. The van der Waals surface area contributed by atoms with E-state index in [9.17, 15) is 0 Å². The van der Waals surface area contributed by atoms with Crippen LogP contribution in [0.1, 0.15) is 54.4 Å². The van der Waals surface area contributed by atoms with Crippen LogP contribution in [-0.4, -0.2) is 50.7 Å². The Kier molecular flexibility index (Phi) is 13.4. The minimum absolute atomic E-state index is 0.612. The van der Waals surface area contributed by atoms with Crippen LogP contribution in [0.3, 0.4) is 0 Å². The van der Waals surface area contributed by atoms with Crippen molar-refractivity contribution in [1.82, 2.24) is 10.6 Å². The van der Waals surface area contributed by atoms with E-state index in [4.69, 9.17) is 0 Å². The van der Waals surface area contributed by atoms with Gasteiger partial charge in [0.25, 0.3) is 0 Å². The molecule has 0 bridgehead atoms. The average molecular weight is 311 g/mol. The Morgan fingerprint density at radius 3 is 1.41 bits per heavy atom. The van der Waals surface area contributed by atoms with Crippen LogP contribution in [-0.2, 0) is 0 Å². The van der Waals surface area contributed by atoms with Gasteiger partial charge in [0, 0.05) is 37.6 Å². The van der Waals surface area contributed by atoms with E-state index in [1.165, 1.54) is 24.3 Å². The summed E-state index contributed by atoms with van der Waals surface area (Å²) in [5, 5.41) is 6.84. The molecule has 130 valence electrons. The van der Waals surface area contributed by atoms with Gasteiger partial charge >= 0.3 is 0 Å². The second-order valence-corrected chi connectivity index (χ2v) is 6.16. The van der Waals surface area contributed by atoms with Crippen LogP contribution in [0.5, 0.6) is 0 Å². The van der Waals surface area contributed by atoms with Crippen molar-refractivity contribution < 1.29 is 0 Å². The SMILES string of the molecule is CCC(C)C(C)=NCCNCCNCCN=C(C)C(C)CC. The Bertz CT molecular complexity index is 291. The molecule has 0 aromatic carbocycles. The summed E-state index contributed by atoms with van der Waals surface area (Å²) in [6.07, 6.45) is 2.34. The second kappa shape index (κ2) is 13.9. The molecule has 0 aliphatic heterocycles. The molecule has 2 unspecified atom stereocenters. The lowest BCUT2D eigenvalue weighted by Crippen LogP contribution is -2.30. The second-order valence-electron chi connectivity index (χ2n) is 6.16. The summed E-state index contributed by atoms with van der Waals surface area (Å²) >= 11 is 0. The lowest BCUT2D eigenvalue weighted by atomic mass is 10.0. The Morgan fingerprint density at radius 2 is 1.09 bits per heavy atom. The van der Waals surface area contributed by atoms with Crippen LogP contribution in [0, 0.1) is 11.8 Å². The van der Waals surface area contributed by atoms with Gasteiger partial charge < -0.3 is 10.6 Å². The van der Waals surface area contributed by atoms with E-state index in [0.717, 1.165) is 39.3 Å². The molecule has 4 nitrogen and oxygen atoms in total. The minimum Gasteiger partial charge on any atom is -0.314 e. The molecule has 0 aliphatic carbocycles. The molecule has 0 aromatic heterocycles. The summed E-state index contributed by atoms with van der Waals surface area (Å²) in [6, 6.07) is 0. The van der Waals surface area contributed by atoms with Crippen molar-refractivity contribution in [2.24, 2.45) is 21.8 Å². The third-order valence-electron chi connectivity index (χ3n) is 4.43. The van der Waals surface area contributed by atoms with E-state index in [0.29, 0.717) is 11.8 Å². The Hall–Kier alpha value is -0.740. The molecule has 0 spiro atoms. The van der Waals surface area contributed by atoms with Gasteiger partial charge in [-0.25, -0.2) is 0 Å². The van der Waals surface area contributed by atoms with Gasteiger partial charge in [-0.05, 0) is 38.5 Å². The van der Waals surface area contributed by atoms with Crippen molar-refractivity contribution in [3.05, 3.63) is 0 Å². The summed E-state index contributed by atoms with van der Waals surface area (Å²) < 4.78 is 0. The third-order valence-corrected chi connectivity index (χ3v) is 4.43. The minimum atomic E-state index is 0.612. The van der Waals surface area contributed by atoms with E-state index in [-0.39, 0.29) is 0 Å². The maximum absolute atomic E-state index is 4.60. The van der Waals surface area contributed by atoms with Crippen molar-refractivity contribution in [3.63, 3.8) is 0 Å². The maximum Gasteiger partial charge on any atom is 0.0513 e. The predicted octanol–water partition coefficient (Wildman–Crippen LogP) is 3.18. The highest BCUT2D eigenvalue weighted by Crippen LogP contribution is 2.03. The first-order valence-electron chi connectivity index (χ1n) is 8.96. The highest BCUT2D eigenvalue weighted by atomic mass is 15.0. The molecule has 0 saturated carbocycles. The summed E-state index contributed by atoms with van der Waals surface area (Å²) in [6.45, 7) is 18.8. The summed E-state index contributed by atoms with van der Waals surface area (Å²) in [5.41, 5.74) is 2.55. The van der Waals surface area contributed by atoms with Gasteiger partial charge in [0.1, 0.15) is 0 Å². The van der Waals surface area contributed by atoms with Crippen LogP contribution in [0.15, 0.2) is 9.98 Å². The lowest BCUT2D eigenvalue weighted by molar-refractivity contribution is 0.616. The van der Waals surface area contributed by atoms with E-state index in [1.54, 1.807) is 0 Å². The van der Waals surface area contributed by atoms with Crippen molar-refractivity contribution in [2.75, 3.05) is 39.3 Å². The number of nitrogens with one attached hydrogen (secondary N) is 2. The number of rotatable bonds is 13. The van der Waals surface area contributed by atoms with E-state index in [1.807, 2.05) is 0 Å². The first kappa shape index (κ1) is 21.3. The molecule has 0 saturated heterocycles. The van der Waals surface area contributed by atoms with Crippen LogP contribution < -0.4 is 10.6 Å². The zero-order chi connectivity index (χ0) is 16.8. The molecule has 2 atom stereocenters. The van der Waals surface area contributed by atoms with Gasteiger partial charge in [0.15, 0.2) is 0 Å². The van der Waals surface area contributed by atoms with Crippen molar-refractivity contribution in [1.29, 1.82) is 0 Å². The topological polar surface area (TPSA) is 48.8 Å². The molecule has 4 heteroatoms. The van der Waals surface area contributed by atoms with Gasteiger partial charge in [-0.1, -0.05) is 27.7 Å². The summed E-state index contributed by atoms with van der Waals surface area (Å²) in [4.78, 5) is 9.20. The van der Waals surface area contributed by atoms with Crippen LogP contribution >= 0.6 is 0 Å². The molecule has 0 heterocycles. The molecule has 22 heavy (non-hydrogen) atoms. The normalized spacial score (nSPS) is 15.9. The molecule has 0 radical (unpaired) electrons. The molecule has 0 aromatic rings. The Morgan fingerprint density at radius 1 is 0.727 bits per heavy atom. The van der Waals surface area contributed by atoms with Crippen molar-refractivity contribution >= 4 is 11.4 Å². The fourth-order valence-electron chi connectivity index (χ4n) is 1.95. The Labute approximate surface area is 138 Å². The van der Waals surface area contributed by atoms with Gasteiger partial charge in [0.2, 0.25) is 0 Å². The highest BCUT2D eigenvalue weighted by Gasteiger charge is 2.01. The Balaban J connectivity index is 3.48. The fourth-order valence-corrected chi connectivity index (χ4v) is 1.95. The summed E-state index contributed by atoms with van der Waals surface area (Å²) in [5.74, 6) is 1.22. The van der Waals surface area contributed by atoms with E-state index < -0.39 is 0 Å². The fraction of sp³-hybridized carbons (Fsp3) is 0.889. The van der Waals surface area contributed by atoms with Gasteiger partial charge in [-0.3, -0.25) is 9.98 Å². The van der Waals surface area contributed by atoms with Crippen LogP contribution in [0.2, 0.25) is 0 Å². The van der Waals surface area contributed by atoms with Crippen molar-refractivity contribution in [2.45, 2.75) is 54.4 Å². The molecule has 0 fully saturated rings. The highest BCUT2D eigenvalue weighted by molar-refractivity contribution is 5.84. The molecule has 0 aliphatic rings. The molecule has 2 N–H and O–H groups in total. The number of hydrogen-bond acceptors (Lipinski definition) is 4.